The smallest absolute Gasteiger partial charge is 0.367 e. The van der Waals surface area contributed by atoms with Crippen LogP contribution in [0.15, 0.2) is 0 Å². The Morgan fingerprint density at radius 3 is 1.83 bits per heavy atom. The lowest BCUT2D eigenvalue weighted by molar-refractivity contribution is -0.0267. The molecule has 0 saturated heterocycles. The van der Waals surface area contributed by atoms with Crippen molar-refractivity contribution in [2.45, 2.75) is 77.4 Å². The molecule has 1 unspecified atom stereocenters. The fourth-order valence-corrected chi connectivity index (χ4v) is 2.20. The zero-order valence-corrected chi connectivity index (χ0v) is 12.0. The largest absolute Gasteiger partial charge is 0.399 e. The highest BCUT2D eigenvalue weighted by Gasteiger charge is 2.12. The van der Waals surface area contributed by atoms with Crippen molar-refractivity contribution in [1.82, 2.24) is 0 Å². The summed E-state index contributed by atoms with van der Waals surface area (Å²) < 4.78 is 32.9. The summed E-state index contributed by atoms with van der Waals surface area (Å²) in [7, 11) is -4.53. The molecule has 0 bridgehead atoms. The van der Waals surface area contributed by atoms with Crippen molar-refractivity contribution in [1.29, 1.82) is 0 Å². The van der Waals surface area contributed by atoms with Crippen LogP contribution >= 0.6 is 0 Å². The summed E-state index contributed by atoms with van der Waals surface area (Å²) >= 11 is 0. The normalized spacial score (nSPS) is 13.7. The molecule has 2 N–H and O–H groups in total. The fraction of sp³-hybridized carbons (Fsp3) is 1.00. The molecule has 18 heavy (non-hydrogen) atoms. The molecule has 0 amide bonds. The SMILES string of the molecule is CCCCCCCCCCCC(O)OS(=O)(=O)O. The Kier molecular flexibility index (Phi) is 10.6. The van der Waals surface area contributed by atoms with Gasteiger partial charge in [-0.3, -0.25) is 4.55 Å². The topological polar surface area (TPSA) is 83.8 Å². The monoisotopic (exact) mass is 282 g/mol. The lowest BCUT2D eigenvalue weighted by atomic mass is 10.1. The van der Waals surface area contributed by atoms with Crippen molar-refractivity contribution in [2.75, 3.05) is 0 Å². The van der Waals surface area contributed by atoms with Crippen LogP contribution in [-0.2, 0) is 14.6 Å². The summed E-state index contributed by atoms with van der Waals surface area (Å²) in [6.07, 6.45) is 9.10. The highest BCUT2D eigenvalue weighted by molar-refractivity contribution is 7.80. The zero-order chi connectivity index (χ0) is 13.9. The molecule has 0 aromatic rings. The Hall–Kier alpha value is -0.170. The molecule has 0 aromatic heterocycles. The second-order valence-corrected chi connectivity index (χ2v) is 5.64. The molecule has 0 fully saturated rings. The van der Waals surface area contributed by atoms with E-state index in [0.717, 1.165) is 12.8 Å². The van der Waals surface area contributed by atoms with Gasteiger partial charge in [-0.2, -0.15) is 8.42 Å². The molecule has 5 nitrogen and oxygen atoms in total. The molecule has 0 saturated carbocycles. The van der Waals surface area contributed by atoms with Crippen LogP contribution in [0.2, 0.25) is 0 Å². The van der Waals surface area contributed by atoms with Crippen LogP contribution in [0, 0.1) is 0 Å². The first-order chi connectivity index (χ1) is 8.45. The lowest BCUT2D eigenvalue weighted by Gasteiger charge is -2.08. The molecule has 0 heterocycles. The molecule has 0 rings (SSSR count). The molecule has 1 atom stereocenters. The quantitative estimate of drug-likeness (QED) is 0.326. The van der Waals surface area contributed by atoms with Gasteiger partial charge in [0.2, 0.25) is 0 Å². The lowest BCUT2D eigenvalue weighted by Crippen LogP contribution is -2.16. The molecule has 0 aromatic carbocycles. The van der Waals surface area contributed by atoms with Gasteiger partial charge in [0.25, 0.3) is 0 Å². The van der Waals surface area contributed by atoms with Gasteiger partial charge in [0.15, 0.2) is 6.29 Å². The van der Waals surface area contributed by atoms with E-state index in [1.807, 2.05) is 0 Å². The minimum Gasteiger partial charge on any atom is -0.367 e. The van der Waals surface area contributed by atoms with E-state index in [9.17, 15) is 8.42 Å². The van der Waals surface area contributed by atoms with Crippen molar-refractivity contribution in [3.8, 4) is 0 Å². The average Bonchev–Trinajstić information content (AvgIpc) is 2.24. The van der Waals surface area contributed by atoms with E-state index < -0.39 is 16.7 Å². The average molecular weight is 282 g/mol. The first-order valence-electron chi connectivity index (χ1n) is 6.79. The van der Waals surface area contributed by atoms with Crippen molar-refractivity contribution in [3.05, 3.63) is 0 Å². The molecular formula is C12H26O5S. The molecule has 0 radical (unpaired) electrons. The Balaban J connectivity index is 3.25. The minimum absolute atomic E-state index is 0.232. The van der Waals surface area contributed by atoms with Gasteiger partial charge in [0.05, 0.1) is 0 Å². The minimum atomic E-state index is -4.53. The Bertz CT molecular complexity index is 276. The van der Waals surface area contributed by atoms with Gasteiger partial charge in [0.1, 0.15) is 0 Å². The van der Waals surface area contributed by atoms with E-state index in [-0.39, 0.29) is 6.42 Å². The molecule has 0 aliphatic carbocycles. The van der Waals surface area contributed by atoms with E-state index in [4.69, 9.17) is 9.66 Å². The van der Waals surface area contributed by atoms with Crippen LogP contribution < -0.4 is 0 Å². The Morgan fingerprint density at radius 1 is 0.944 bits per heavy atom. The maximum absolute atomic E-state index is 10.3. The Labute approximate surface area is 110 Å². The maximum Gasteiger partial charge on any atom is 0.399 e. The highest BCUT2D eigenvalue weighted by atomic mass is 32.3. The molecule has 0 aliphatic heterocycles. The summed E-state index contributed by atoms with van der Waals surface area (Å²) in [6, 6.07) is 0. The third-order valence-electron chi connectivity index (χ3n) is 2.79. The summed E-state index contributed by atoms with van der Waals surface area (Å²) in [6.45, 7) is 2.19. The first kappa shape index (κ1) is 17.8. The summed E-state index contributed by atoms with van der Waals surface area (Å²) in [5.74, 6) is 0. The molecular weight excluding hydrogens is 256 g/mol. The van der Waals surface area contributed by atoms with Crippen LogP contribution in [0.1, 0.15) is 71.1 Å². The van der Waals surface area contributed by atoms with Crippen LogP contribution in [0.25, 0.3) is 0 Å². The number of rotatable bonds is 12. The van der Waals surface area contributed by atoms with Gasteiger partial charge in [-0.15, -0.1) is 0 Å². The van der Waals surface area contributed by atoms with E-state index in [1.54, 1.807) is 0 Å². The number of hydrogen-bond acceptors (Lipinski definition) is 4. The number of aliphatic hydroxyl groups is 1. The predicted octanol–water partition coefficient (Wildman–Crippen LogP) is 3.05. The number of aliphatic hydroxyl groups excluding tert-OH is 1. The van der Waals surface area contributed by atoms with Gasteiger partial charge in [-0.1, -0.05) is 58.3 Å². The van der Waals surface area contributed by atoms with Crippen molar-refractivity contribution < 1.29 is 22.3 Å². The highest BCUT2D eigenvalue weighted by Crippen LogP contribution is 2.12. The van der Waals surface area contributed by atoms with Gasteiger partial charge in [-0.25, -0.2) is 4.18 Å². The molecule has 0 spiro atoms. The maximum atomic E-state index is 10.3. The molecule has 110 valence electrons. The van der Waals surface area contributed by atoms with Crippen LogP contribution in [0.4, 0.5) is 0 Å². The van der Waals surface area contributed by atoms with Crippen LogP contribution in [0.5, 0.6) is 0 Å². The van der Waals surface area contributed by atoms with E-state index >= 15 is 0 Å². The predicted molar refractivity (Wildman–Crippen MR) is 70.5 cm³/mol. The zero-order valence-electron chi connectivity index (χ0n) is 11.2. The Morgan fingerprint density at radius 2 is 1.39 bits per heavy atom. The van der Waals surface area contributed by atoms with E-state index in [2.05, 4.69) is 11.1 Å². The standard InChI is InChI=1S/C12H26O5S/c1-2-3-4-5-6-7-8-9-10-11-12(13)17-18(14,15)16/h12-13H,2-11H2,1H3,(H,14,15,16). The van der Waals surface area contributed by atoms with Gasteiger partial charge in [-0.05, 0) is 12.8 Å². The summed E-state index contributed by atoms with van der Waals surface area (Å²) in [5, 5.41) is 9.12. The van der Waals surface area contributed by atoms with Crippen molar-refractivity contribution in [3.63, 3.8) is 0 Å². The second-order valence-electron chi connectivity index (χ2n) is 4.60. The summed E-state index contributed by atoms with van der Waals surface area (Å²) in [5.41, 5.74) is 0. The van der Waals surface area contributed by atoms with Gasteiger partial charge >= 0.3 is 10.4 Å². The molecule has 6 heteroatoms. The number of hydrogen-bond donors (Lipinski definition) is 2. The van der Waals surface area contributed by atoms with E-state index in [1.165, 1.54) is 38.5 Å². The van der Waals surface area contributed by atoms with Crippen LogP contribution in [0.3, 0.4) is 0 Å². The third kappa shape index (κ3) is 13.9. The van der Waals surface area contributed by atoms with Crippen molar-refractivity contribution in [2.24, 2.45) is 0 Å². The third-order valence-corrected chi connectivity index (χ3v) is 3.25. The van der Waals surface area contributed by atoms with Gasteiger partial charge in [0, 0.05) is 0 Å². The van der Waals surface area contributed by atoms with Crippen LogP contribution in [-0.4, -0.2) is 24.4 Å². The fourth-order valence-electron chi connectivity index (χ4n) is 1.82. The van der Waals surface area contributed by atoms with Gasteiger partial charge < -0.3 is 5.11 Å². The van der Waals surface area contributed by atoms with E-state index in [0.29, 0.717) is 6.42 Å². The molecule has 0 aliphatic rings. The first-order valence-corrected chi connectivity index (χ1v) is 8.16. The second kappa shape index (κ2) is 10.7. The number of unbranched alkanes of at least 4 members (excludes halogenated alkanes) is 8. The van der Waals surface area contributed by atoms with Crippen molar-refractivity contribution >= 4 is 10.4 Å². The summed E-state index contributed by atoms with van der Waals surface area (Å²) in [4.78, 5) is 0.